The van der Waals surface area contributed by atoms with Crippen LogP contribution in [0.3, 0.4) is 0 Å². The number of hydrogen-bond donors (Lipinski definition) is 2. The number of nitrogens with zero attached hydrogens (tertiary/aromatic N) is 6. The number of rotatable bonds is 9. The van der Waals surface area contributed by atoms with E-state index in [4.69, 9.17) is 27.9 Å². The van der Waals surface area contributed by atoms with Crippen molar-refractivity contribution in [2.45, 2.75) is 30.4 Å². The van der Waals surface area contributed by atoms with Crippen LogP contribution >= 0.6 is 39.1 Å². The number of allylic oxidation sites excluding steroid dienone is 2. The first-order valence-electron chi connectivity index (χ1n) is 19.0. The van der Waals surface area contributed by atoms with E-state index in [0.717, 1.165) is 17.0 Å². The number of halogens is 6. The van der Waals surface area contributed by atoms with Crippen LogP contribution in [0.25, 0.3) is 0 Å². The lowest BCUT2D eigenvalue weighted by molar-refractivity contribution is -0.392. The van der Waals surface area contributed by atoms with Gasteiger partial charge in [-0.25, -0.2) is 9.88 Å². The highest BCUT2D eigenvalue weighted by Gasteiger charge is 2.71. The van der Waals surface area contributed by atoms with Gasteiger partial charge in [-0.1, -0.05) is 62.9 Å². The molecule has 4 aromatic rings. The first-order chi connectivity index (χ1) is 30.1. The lowest BCUT2D eigenvalue weighted by Gasteiger charge is -2.50. The largest absolute Gasteiger partial charge is 0.504 e. The summed E-state index contributed by atoms with van der Waals surface area (Å²) in [6.45, 7) is 0. The third-order valence-corrected chi connectivity index (χ3v) is 13.3. The molecule has 17 nitrogen and oxygen atoms in total. The zero-order valence-corrected chi connectivity index (χ0v) is 36.3. The highest BCUT2D eigenvalue weighted by molar-refractivity contribution is 9.10. The first-order valence-corrected chi connectivity index (χ1v) is 20.6. The van der Waals surface area contributed by atoms with Crippen molar-refractivity contribution in [3.8, 4) is 11.5 Å². The molecule has 23 heteroatoms. The molecule has 2 aliphatic heterocycles. The number of ether oxygens (including phenoxy) is 1. The van der Waals surface area contributed by atoms with E-state index in [2.05, 4.69) is 26.3 Å². The quantitative estimate of drug-likeness (QED) is 0.0705. The fraction of sp³-hybridized carbons (Fsp3) is 0.293. The van der Waals surface area contributed by atoms with Crippen LogP contribution in [-0.4, -0.2) is 69.8 Å². The Bertz CT molecular complexity index is 2740. The second-order valence-electron chi connectivity index (χ2n) is 15.7. The third-order valence-electron chi connectivity index (χ3n) is 12.3. The number of pyridine rings is 1. The average Bonchev–Trinajstić information content (AvgIpc) is 3.61. The summed E-state index contributed by atoms with van der Waals surface area (Å²) in [4.78, 5) is 88.2. The molecule has 0 spiro atoms. The maximum atomic E-state index is 15.5. The van der Waals surface area contributed by atoms with Crippen molar-refractivity contribution in [1.82, 2.24) is 9.99 Å². The molecule has 2 saturated heterocycles. The van der Waals surface area contributed by atoms with Gasteiger partial charge < -0.3 is 14.7 Å². The molecule has 3 aromatic carbocycles. The highest BCUT2D eigenvalue weighted by atomic mass is 79.9. The Morgan fingerprint density at radius 2 is 1.61 bits per heavy atom. The average molecular weight is 990 g/mol. The number of alkyl halides is 3. The molecule has 3 heterocycles. The normalized spacial score (nSPS) is 24.0. The predicted octanol–water partition coefficient (Wildman–Crippen LogP) is 7.96. The van der Waals surface area contributed by atoms with Gasteiger partial charge >= 0.3 is 17.6 Å². The van der Waals surface area contributed by atoms with Gasteiger partial charge in [0.05, 0.1) is 56.4 Å². The van der Waals surface area contributed by atoms with E-state index >= 15 is 9.59 Å². The number of aromatic hydroxyl groups is 1. The van der Waals surface area contributed by atoms with Crippen molar-refractivity contribution in [2.24, 2.45) is 23.7 Å². The second kappa shape index (κ2) is 15.7. The van der Waals surface area contributed by atoms with Crippen molar-refractivity contribution < 1.29 is 52.0 Å². The number of benzene rings is 3. The molecule has 64 heavy (non-hydrogen) atoms. The smallest absolute Gasteiger partial charge is 0.417 e. The van der Waals surface area contributed by atoms with E-state index in [0.29, 0.717) is 32.2 Å². The molecule has 0 radical (unpaired) electrons. The molecule has 3 fully saturated rings. The van der Waals surface area contributed by atoms with Gasteiger partial charge in [-0.15, -0.1) is 0 Å². The number of nitrogens with one attached hydrogen (secondary N) is 1. The standard InChI is InChI=1S/C41H31BrCl2F3N7O10/c1-50(2)33-28(53(60)61)13-21(14-29(33)54(62)63)51-36(56)23-9-8-22-24(31(23)38(51)58)15-26-37(57)52(49-35-27(44)10-18(16-48-35)41(45,46)47)39(59)40(26,17-4-6-20(43)7-5-17)32(22)25-11-19(42)12-30(64-3)34(25)55/h4-8,10-14,16,23-24,26,31-32,55H,9,15H2,1-3H3,(H,48,49). The summed E-state index contributed by atoms with van der Waals surface area (Å²) in [5.74, 6) is -11.0. The zero-order chi connectivity index (χ0) is 46.5. The lowest BCUT2D eigenvalue weighted by atomic mass is 9.49. The number of amides is 4. The lowest BCUT2D eigenvalue weighted by Crippen LogP contribution is -2.53. The van der Waals surface area contributed by atoms with Gasteiger partial charge in [0.15, 0.2) is 23.0 Å². The number of phenols is 1. The number of phenolic OH excluding ortho intramolecular Hbond substituents is 1. The number of carbonyl (C=O) groups is 4. The van der Waals surface area contributed by atoms with Crippen LogP contribution < -0.4 is 20.0 Å². The number of hydrazine groups is 1. The molecule has 0 bridgehead atoms. The Morgan fingerprint density at radius 1 is 0.969 bits per heavy atom. The summed E-state index contributed by atoms with van der Waals surface area (Å²) >= 11 is 16.0. The number of nitro groups is 2. The summed E-state index contributed by atoms with van der Waals surface area (Å²) in [7, 11) is 3.99. The zero-order valence-electron chi connectivity index (χ0n) is 33.2. The minimum absolute atomic E-state index is 0.0356. The number of carbonyl (C=O) groups excluding carboxylic acids is 4. The van der Waals surface area contributed by atoms with Gasteiger partial charge in [-0.2, -0.15) is 18.2 Å². The molecular formula is C41H31BrCl2F3N7O10. The van der Waals surface area contributed by atoms with Gasteiger partial charge in [0.2, 0.25) is 11.8 Å². The third kappa shape index (κ3) is 6.70. The van der Waals surface area contributed by atoms with Crippen molar-refractivity contribution in [2.75, 3.05) is 36.4 Å². The molecule has 4 amide bonds. The highest BCUT2D eigenvalue weighted by Crippen LogP contribution is 2.66. The van der Waals surface area contributed by atoms with E-state index in [1.807, 2.05) is 0 Å². The monoisotopic (exact) mass is 987 g/mol. The van der Waals surface area contributed by atoms with E-state index in [-0.39, 0.29) is 40.4 Å². The van der Waals surface area contributed by atoms with Crippen molar-refractivity contribution >= 4 is 91.3 Å². The number of imide groups is 2. The van der Waals surface area contributed by atoms with Gasteiger partial charge in [0.1, 0.15) is 0 Å². The number of methoxy groups -OCH3 is 1. The number of aromatic nitrogens is 1. The second-order valence-corrected chi connectivity index (χ2v) is 17.5. The summed E-state index contributed by atoms with van der Waals surface area (Å²) in [5, 5.41) is 36.7. The van der Waals surface area contributed by atoms with Crippen molar-refractivity contribution in [3.05, 3.63) is 124 Å². The molecule has 1 aromatic heterocycles. The van der Waals surface area contributed by atoms with Crippen LogP contribution in [0.1, 0.15) is 35.4 Å². The minimum atomic E-state index is -4.84. The Morgan fingerprint density at radius 3 is 2.17 bits per heavy atom. The minimum Gasteiger partial charge on any atom is -0.504 e. The molecule has 8 rings (SSSR count). The van der Waals surface area contributed by atoms with E-state index in [1.165, 1.54) is 57.6 Å². The van der Waals surface area contributed by atoms with Crippen LogP contribution in [0.5, 0.6) is 11.5 Å². The van der Waals surface area contributed by atoms with E-state index in [9.17, 15) is 48.1 Å². The van der Waals surface area contributed by atoms with Gasteiger partial charge in [-0.3, -0.25) is 44.8 Å². The Hall–Kier alpha value is -6.32. The SMILES string of the molecule is COc1cc(Br)cc(C2C3=CCC4C(=O)N(c5cc([N+](=O)[O-])c(N(C)C)c([N+](=O)[O-])c5)C(=O)C4C3CC3C(=O)N(Nc4ncc(C(F)(F)F)cc4Cl)C(=O)C32c2ccc(Cl)cc2)c1O. The summed E-state index contributed by atoms with van der Waals surface area (Å²) < 4.78 is 46.6. The molecule has 2 aliphatic carbocycles. The molecule has 2 N–H and O–H groups in total. The Balaban J connectivity index is 1.33. The Labute approximate surface area is 377 Å². The number of hydrogen-bond acceptors (Lipinski definition) is 13. The Kier molecular flexibility index (Phi) is 10.9. The molecule has 6 atom stereocenters. The van der Waals surface area contributed by atoms with Gasteiger partial charge in [0, 0.05) is 53.4 Å². The fourth-order valence-electron chi connectivity index (χ4n) is 9.81. The van der Waals surface area contributed by atoms with Crippen LogP contribution in [0.4, 0.5) is 41.7 Å². The van der Waals surface area contributed by atoms with Gasteiger partial charge in [-0.05, 0) is 54.7 Å². The summed E-state index contributed by atoms with van der Waals surface area (Å²) in [5.41, 5.74) is -2.46. The maximum absolute atomic E-state index is 15.5. The molecule has 4 aliphatic rings. The first kappa shape index (κ1) is 44.3. The van der Waals surface area contributed by atoms with Crippen LogP contribution in [0.2, 0.25) is 10.0 Å². The number of anilines is 3. The molecule has 332 valence electrons. The van der Waals surface area contributed by atoms with Crippen LogP contribution in [-0.2, 0) is 30.8 Å². The van der Waals surface area contributed by atoms with E-state index in [1.54, 1.807) is 6.08 Å². The summed E-state index contributed by atoms with van der Waals surface area (Å²) in [6.07, 6.45) is -3.22. The van der Waals surface area contributed by atoms with Crippen molar-refractivity contribution in [3.63, 3.8) is 0 Å². The molecule has 6 unspecified atom stereocenters. The predicted molar refractivity (Wildman–Crippen MR) is 226 cm³/mol. The molecule has 1 saturated carbocycles. The maximum Gasteiger partial charge on any atom is 0.417 e. The van der Waals surface area contributed by atoms with Crippen LogP contribution in [0.15, 0.2) is 76.9 Å². The summed E-state index contributed by atoms with van der Waals surface area (Å²) in [6, 6.07) is 11.2. The topological polar surface area (TPSA) is 219 Å². The number of nitro benzene ring substituents is 2. The van der Waals surface area contributed by atoms with E-state index < -0.39 is 114 Å². The van der Waals surface area contributed by atoms with Gasteiger partial charge in [0.25, 0.3) is 11.8 Å². The number of fused-ring (bicyclic) bond motifs is 4. The van der Waals surface area contributed by atoms with Crippen LogP contribution in [0, 0.1) is 43.9 Å². The molecular weight excluding hydrogens is 958 g/mol. The fourth-order valence-corrected chi connectivity index (χ4v) is 10.6. The van der Waals surface area contributed by atoms with Crippen molar-refractivity contribution in [1.29, 1.82) is 0 Å².